The highest BCUT2D eigenvalue weighted by Gasteiger charge is 2.39. The Morgan fingerprint density at radius 1 is 0.960 bits per heavy atom. The standard InChI is InChI=1S/C22H18O3/c1-14(23)13-19-20(16-8-3-2-4-9-16)18-12-11-15-7-5-6-10-17(15)21(18)25-22(19)24/h2-12,19-20H,13H2,1H3/t19-,20+/m1/s1. The molecule has 0 amide bonds. The quantitative estimate of drug-likeness (QED) is 0.525. The van der Waals surface area contributed by atoms with Crippen molar-refractivity contribution >= 4 is 22.5 Å². The Labute approximate surface area is 146 Å². The van der Waals surface area contributed by atoms with Crippen molar-refractivity contribution in [2.75, 3.05) is 0 Å². The average Bonchev–Trinajstić information content (AvgIpc) is 2.63. The van der Waals surface area contributed by atoms with Crippen LogP contribution in [0.15, 0.2) is 66.7 Å². The second-order valence-corrected chi connectivity index (χ2v) is 6.53. The minimum Gasteiger partial charge on any atom is -0.425 e. The number of rotatable bonds is 3. The van der Waals surface area contributed by atoms with Gasteiger partial charge in [-0.2, -0.15) is 0 Å². The summed E-state index contributed by atoms with van der Waals surface area (Å²) in [5.41, 5.74) is 2.00. The van der Waals surface area contributed by atoms with Gasteiger partial charge in [-0.3, -0.25) is 4.79 Å². The number of hydrogen-bond acceptors (Lipinski definition) is 3. The number of Topliss-reactive ketones (excluding diaryl/α,β-unsaturated/α-hetero) is 1. The fourth-order valence-corrected chi connectivity index (χ4v) is 3.73. The van der Waals surface area contributed by atoms with Crippen molar-refractivity contribution in [3.05, 3.63) is 77.9 Å². The molecule has 0 fully saturated rings. The lowest BCUT2D eigenvalue weighted by Crippen LogP contribution is -2.33. The van der Waals surface area contributed by atoms with Crippen LogP contribution in [0.1, 0.15) is 30.4 Å². The predicted molar refractivity (Wildman–Crippen MR) is 96.7 cm³/mol. The molecule has 25 heavy (non-hydrogen) atoms. The van der Waals surface area contributed by atoms with Gasteiger partial charge in [0.1, 0.15) is 11.5 Å². The summed E-state index contributed by atoms with van der Waals surface area (Å²) in [7, 11) is 0. The number of carbonyl (C=O) groups is 2. The number of hydrogen-bond donors (Lipinski definition) is 0. The molecule has 0 radical (unpaired) electrons. The lowest BCUT2D eigenvalue weighted by atomic mass is 9.76. The molecule has 3 aromatic rings. The zero-order valence-corrected chi connectivity index (χ0v) is 13.9. The minimum absolute atomic E-state index is 0.00730. The largest absolute Gasteiger partial charge is 0.425 e. The van der Waals surface area contributed by atoms with Gasteiger partial charge in [-0.15, -0.1) is 0 Å². The van der Waals surface area contributed by atoms with E-state index in [4.69, 9.17) is 4.74 Å². The van der Waals surface area contributed by atoms with Crippen LogP contribution in [0.3, 0.4) is 0 Å². The summed E-state index contributed by atoms with van der Waals surface area (Å²) >= 11 is 0. The Kier molecular flexibility index (Phi) is 3.85. The van der Waals surface area contributed by atoms with Crippen LogP contribution in [-0.4, -0.2) is 11.8 Å². The van der Waals surface area contributed by atoms with E-state index >= 15 is 0 Å². The third-order valence-electron chi connectivity index (χ3n) is 4.82. The van der Waals surface area contributed by atoms with Crippen LogP contribution in [0, 0.1) is 5.92 Å². The van der Waals surface area contributed by atoms with Gasteiger partial charge in [0.15, 0.2) is 0 Å². The molecule has 1 aliphatic heterocycles. The van der Waals surface area contributed by atoms with Gasteiger partial charge in [-0.1, -0.05) is 66.7 Å². The highest BCUT2D eigenvalue weighted by molar-refractivity contribution is 5.95. The molecule has 1 aliphatic rings. The van der Waals surface area contributed by atoms with Crippen LogP contribution in [0.25, 0.3) is 10.8 Å². The van der Waals surface area contributed by atoms with Gasteiger partial charge in [0.2, 0.25) is 0 Å². The van der Waals surface area contributed by atoms with Gasteiger partial charge in [0.25, 0.3) is 0 Å². The summed E-state index contributed by atoms with van der Waals surface area (Å²) in [6, 6.07) is 21.8. The molecule has 1 heterocycles. The fourth-order valence-electron chi connectivity index (χ4n) is 3.73. The summed E-state index contributed by atoms with van der Waals surface area (Å²) in [4.78, 5) is 24.5. The van der Waals surface area contributed by atoms with Crippen LogP contribution < -0.4 is 4.74 Å². The second-order valence-electron chi connectivity index (χ2n) is 6.53. The van der Waals surface area contributed by atoms with Crippen LogP contribution in [0.4, 0.5) is 0 Å². The van der Waals surface area contributed by atoms with Crippen molar-refractivity contribution in [1.29, 1.82) is 0 Å². The minimum atomic E-state index is -0.492. The van der Waals surface area contributed by atoms with E-state index in [1.807, 2.05) is 66.7 Å². The molecule has 0 bridgehead atoms. The highest BCUT2D eigenvalue weighted by Crippen LogP contribution is 2.46. The molecule has 2 atom stereocenters. The smallest absolute Gasteiger partial charge is 0.315 e. The molecular weight excluding hydrogens is 312 g/mol. The van der Waals surface area contributed by atoms with Gasteiger partial charge >= 0.3 is 5.97 Å². The molecule has 0 saturated carbocycles. The number of ketones is 1. The van der Waals surface area contributed by atoms with Crippen molar-refractivity contribution in [1.82, 2.24) is 0 Å². The number of benzene rings is 3. The van der Waals surface area contributed by atoms with Crippen molar-refractivity contribution in [3.8, 4) is 5.75 Å². The molecule has 3 aromatic carbocycles. The molecule has 3 heteroatoms. The molecule has 0 N–H and O–H groups in total. The number of ether oxygens (including phenoxy) is 1. The maximum absolute atomic E-state index is 12.7. The number of esters is 1. The first-order chi connectivity index (χ1) is 12.1. The highest BCUT2D eigenvalue weighted by atomic mass is 16.5. The van der Waals surface area contributed by atoms with E-state index in [1.54, 1.807) is 0 Å². The molecule has 0 aliphatic carbocycles. The normalized spacial score (nSPS) is 19.3. The van der Waals surface area contributed by atoms with Gasteiger partial charge in [-0.25, -0.2) is 0 Å². The van der Waals surface area contributed by atoms with Crippen LogP contribution in [-0.2, 0) is 9.59 Å². The molecule has 0 unspecified atom stereocenters. The van der Waals surface area contributed by atoms with Gasteiger partial charge in [0, 0.05) is 23.3 Å². The Bertz CT molecular complexity index is 959. The summed E-state index contributed by atoms with van der Waals surface area (Å²) < 4.78 is 5.72. The van der Waals surface area contributed by atoms with E-state index in [-0.39, 0.29) is 24.1 Å². The number of carbonyl (C=O) groups excluding carboxylic acids is 2. The summed E-state index contributed by atoms with van der Waals surface area (Å²) in [6.07, 6.45) is 0.185. The van der Waals surface area contributed by atoms with Crippen LogP contribution in [0.5, 0.6) is 5.75 Å². The molecule has 4 rings (SSSR count). The monoisotopic (exact) mass is 330 g/mol. The van der Waals surface area contributed by atoms with E-state index in [1.165, 1.54) is 6.92 Å². The maximum atomic E-state index is 12.7. The van der Waals surface area contributed by atoms with Crippen molar-refractivity contribution in [2.45, 2.75) is 19.3 Å². The van der Waals surface area contributed by atoms with E-state index in [0.29, 0.717) is 5.75 Å². The average molecular weight is 330 g/mol. The maximum Gasteiger partial charge on any atom is 0.315 e. The first-order valence-corrected chi connectivity index (χ1v) is 8.43. The fraction of sp³-hybridized carbons (Fsp3) is 0.182. The molecule has 3 nitrogen and oxygen atoms in total. The molecule has 0 saturated heterocycles. The van der Waals surface area contributed by atoms with Crippen LogP contribution in [0.2, 0.25) is 0 Å². The van der Waals surface area contributed by atoms with Crippen molar-refractivity contribution < 1.29 is 14.3 Å². The second kappa shape index (κ2) is 6.17. The summed E-state index contributed by atoms with van der Waals surface area (Å²) in [5.74, 6) is -0.378. The third kappa shape index (κ3) is 2.72. The first kappa shape index (κ1) is 15.6. The van der Waals surface area contributed by atoms with Gasteiger partial charge in [-0.05, 0) is 17.9 Å². The van der Waals surface area contributed by atoms with E-state index in [0.717, 1.165) is 21.9 Å². The van der Waals surface area contributed by atoms with Crippen molar-refractivity contribution in [2.24, 2.45) is 5.92 Å². The molecule has 124 valence electrons. The molecule has 0 spiro atoms. The van der Waals surface area contributed by atoms with Gasteiger partial charge in [0.05, 0.1) is 5.92 Å². The predicted octanol–water partition coefficient (Wildman–Crippen LogP) is 4.49. The Balaban J connectivity index is 1.95. The zero-order valence-electron chi connectivity index (χ0n) is 13.9. The third-order valence-corrected chi connectivity index (χ3v) is 4.82. The SMILES string of the molecule is CC(=O)C[C@H]1C(=O)Oc2c(ccc3ccccc23)[C@@H]1c1ccccc1. The van der Waals surface area contributed by atoms with E-state index in [2.05, 4.69) is 0 Å². The Morgan fingerprint density at radius 3 is 2.44 bits per heavy atom. The van der Waals surface area contributed by atoms with Gasteiger partial charge < -0.3 is 9.53 Å². The lowest BCUT2D eigenvalue weighted by Gasteiger charge is -2.32. The Hall–Kier alpha value is -2.94. The topological polar surface area (TPSA) is 43.4 Å². The van der Waals surface area contributed by atoms with Crippen molar-refractivity contribution in [3.63, 3.8) is 0 Å². The van der Waals surface area contributed by atoms with Crippen LogP contribution >= 0.6 is 0 Å². The van der Waals surface area contributed by atoms with E-state index < -0.39 is 5.92 Å². The Morgan fingerprint density at radius 2 is 1.68 bits per heavy atom. The zero-order chi connectivity index (χ0) is 17.4. The van der Waals surface area contributed by atoms with E-state index in [9.17, 15) is 9.59 Å². The summed E-state index contributed by atoms with van der Waals surface area (Å²) in [5, 5.41) is 1.96. The first-order valence-electron chi connectivity index (χ1n) is 8.43. The summed E-state index contributed by atoms with van der Waals surface area (Å²) in [6.45, 7) is 1.52. The molecular formula is C22H18O3. The molecule has 0 aromatic heterocycles. The lowest BCUT2D eigenvalue weighted by molar-refractivity contribution is -0.142. The number of fused-ring (bicyclic) bond motifs is 3.